The summed E-state index contributed by atoms with van der Waals surface area (Å²) in [5, 5.41) is 4.07. The van der Waals surface area contributed by atoms with Crippen molar-refractivity contribution < 1.29 is 9.53 Å². The number of carbonyl (C=O) groups excluding carboxylic acids is 1. The molecule has 0 bridgehead atoms. The van der Waals surface area contributed by atoms with Crippen LogP contribution in [-0.4, -0.2) is 31.5 Å². The highest BCUT2D eigenvalue weighted by molar-refractivity contribution is 6.35. The van der Waals surface area contributed by atoms with E-state index < -0.39 is 0 Å². The van der Waals surface area contributed by atoms with Gasteiger partial charge in [0.05, 0.1) is 19.3 Å². The van der Waals surface area contributed by atoms with Crippen LogP contribution in [0.5, 0.6) is 5.75 Å². The molecule has 0 unspecified atom stereocenters. The number of aryl methyl sites for hydroxylation is 1. The number of nitrogens with one attached hydrogen (secondary N) is 1. The zero-order chi connectivity index (χ0) is 17.7. The van der Waals surface area contributed by atoms with E-state index in [1.165, 1.54) is 0 Å². The van der Waals surface area contributed by atoms with Gasteiger partial charge in [-0.15, -0.1) is 0 Å². The minimum Gasteiger partial charge on any atom is -0.495 e. The van der Waals surface area contributed by atoms with Gasteiger partial charge in [0.2, 0.25) is 5.91 Å². The Morgan fingerprint density at radius 1 is 1.21 bits per heavy atom. The molecule has 0 saturated carbocycles. The molecule has 0 aliphatic heterocycles. The number of likely N-dealkylation sites (N-methyl/N-ethyl adjacent to an activating group) is 1. The fraction of sp³-hybridized carbons (Fsp3) is 0.278. The number of carbonyl (C=O) groups is 1. The highest BCUT2D eigenvalue weighted by Crippen LogP contribution is 2.25. The van der Waals surface area contributed by atoms with Crippen molar-refractivity contribution in [2.75, 3.05) is 26.0 Å². The summed E-state index contributed by atoms with van der Waals surface area (Å²) in [4.78, 5) is 14.2. The molecular weight excluding hydrogens is 347 g/mol. The standard InChI is InChI=1S/C18H20Cl2N2O2/c1-12-4-7-17(24-3)16(8-12)21-18(23)11-22(2)10-13-5-6-14(19)9-15(13)20/h4-9H,10-11H2,1-3H3,(H,21,23). The normalized spacial score (nSPS) is 10.8. The van der Waals surface area contributed by atoms with E-state index in [9.17, 15) is 4.79 Å². The molecule has 1 N–H and O–H groups in total. The van der Waals surface area contributed by atoms with Gasteiger partial charge in [-0.3, -0.25) is 9.69 Å². The smallest absolute Gasteiger partial charge is 0.238 e. The molecule has 0 aromatic heterocycles. The van der Waals surface area contributed by atoms with Crippen LogP contribution in [0.4, 0.5) is 5.69 Å². The van der Waals surface area contributed by atoms with Crippen LogP contribution in [0.15, 0.2) is 36.4 Å². The van der Waals surface area contributed by atoms with Crippen LogP contribution < -0.4 is 10.1 Å². The monoisotopic (exact) mass is 366 g/mol. The van der Waals surface area contributed by atoms with Crippen molar-refractivity contribution in [1.82, 2.24) is 4.90 Å². The minimum absolute atomic E-state index is 0.119. The number of halogens is 2. The number of methoxy groups -OCH3 is 1. The number of anilines is 1. The molecule has 0 saturated heterocycles. The summed E-state index contributed by atoms with van der Waals surface area (Å²) in [5.41, 5.74) is 2.64. The summed E-state index contributed by atoms with van der Waals surface area (Å²) in [6, 6.07) is 11.0. The van der Waals surface area contributed by atoms with Crippen LogP contribution >= 0.6 is 23.2 Å². The summed E-state index contributed by atoms with van der Waals surface area (Å²) in [6.45, 7) is 2.74. The lowest BCUT2D eigenvalue weighted by molar-refractivity contribution is -0.117. The number of rotatable bonds is 6. The molecule has 0 aliphatic carbocycles. The lowest BCUT2D eigenvalue weighted by Gasteiger charge is -2.18. The van der Waals surface area contributed by atoms with Gasteiger partial charge in [-0.05, 0) is 49.4 Å². The highest BCUT2D eigenvalue weighted by Gasteiger charge is 2.12. The average molecular weight is 367 g/mol. The molecular formula is C18H20Cl2N2O2. The van der Waals surface area contributed by atoms with Gasteiger partial charge >= 0.3 is 0 Å². The Balaban J connectivity index is 1.98. The van der Waals surface area contributed by atoms with Gasteiger partial charge in [0.25, 0.3) is 0 Å². The van der Waals surface area contributed by atoms with Gasteiger partial charge in [0.15, 0.2) is 0 Å². The molecule has 2 aromatic carbocycles. The van der Waals surface area contributed by atoms with E-state index >= 15 is 0 Å². The number of amides is 1. The van der Waals surface area contributed by atoms with E-state index in [4.69, 9.17) is 27.9 Å². The van der Waals surface area contributed by atoms with Gasteiger partial charge in [-0.25, -0.2) is 0 Å². The van der Waals surface area contributed by atoms with Crippen molar-refractivity contribution in [2.24, 2.45) is 0 Å². The average Bonchev–Trinajstić information content (AvgIpc) is 2.50. The second-order valence-corrected chi connectivity index (χ2v) is 6.50. The maximum Gasteiger partial charge on any atom is 0.238 e. The largest absolute Gasteiger partial charge is 0.495 e. The highest BCUT2D eigenvalue weighted by atomic mass is 35.5. The predicted octanol–water partition coefficient (Wildman–Crippen LogP) is 4.38. The molecule has 1 amide bonds. The Morgan fingerprint density at radius 2 is 1.96 bits per heavy atom. The van der Waals surface area contributed by atoms with Gasteiger partial charge < -0.3 is 10.1 Å². The fourth-order valence-corrected chi connectivity index (χ4v) is 2.82. The first-order valence-electron chi connectivity index (χ1n) is 7.46. The lowest BCUT2D eigenvalue weighted by Crippen LogP contribution is -2.30. The Labute approximate surface area is 152 Å². The van der Waals surface area contributed by atoms with Crippen LogP contribution in [0.25, 0.3) is 0 Å². The van der Waals surface area contributed by atoms with E-state index in [-0.39, 0.29) is 12.5 Å². The van der Waals surface area contributed by atoms with Crippen LogP contribution in [-0.2, 0) is 11.3 Å². The molecule has 2 rings (SSSR count). The number of hydrogen-bond acceptors (Lipinski definition) is 3. The number of nitrogens with zero attached hydrogens (tertiary/aromatic N) is 1. The number of ether oxygens (including phenoxy) is 1. The van der Waals surface area contributed by atoms with Crippen LogP contribution in [0, 0.1) is 6.92 Å². The Bertz CT molecular complexity index is 735. The third-order valence-corrected chi connectivity index (χ3v) is 4.08. The maximum absolute atomic E-state index is 12.3. The quantitative estimate of drug-likeness (QED) is 0.824. The van der Waals surface area contributed by atoms with Crippen molar-refractivity contribution in [2.45, 2.75) is 13.5 Å². The topological polar surface area (TPSA) is 41.6 Å². The Hall–Kier alpha value is -1.75. The van der Waals surface area contributed by atoms with Gasteiger partial charge in [-0.2, -0.15) is 0 Å². The molecule has 0 atom stereocenters. The maximum atomic E-state index is 12.3. The first kappa shape index (κ1) is 18.6. The molecule has 0 aliphatic rings. The fourth-order valence-electron chi connectivity index (χ4n) is 2.35. The summed E-state index contributed by atoms with van der Waals surface area (Å²) < 4.78 is 5.27. The van der Waals surface area contributed by atoms with Crippen LogP contribution in [0.2, 0.25) is 10.0 Å². The SMILES string of the molecule is COc1ccc(C)cc1NC(=O)CN(C)Cc1ccc(Cl)cc1Cl. The zero-order valence-electron chi connectivity index (χ0n) is 13.9. The third-order valence-electron chi connectivity index (χ3n) is 3.50. The summed E-state index contributed by atoms with van der Waals surface area (Å²) in [6.07, 6.45) is 0. The van der Waals surface area contributed by atoms with Crippen LogP contribution in [0.1, 0.15) is 11.1 Å². The van der Waals surface area contributed by atoms with E-state index in [0.717, 1.165) is 11.1 Å². The molecule has 0 radical (unpaired) electrons. The van der Waals surface area contributed by atoms with Crippen molar-refractivity contribution in [1.29, 1.82) is 0 Å². The second kappa shape index (κ2) is 8.38. The lowest BCUT2D eigenvalue weighted by atomic mass is 10.2. The van der Waals surface area contributed by atoms with E-state index in [2.05, 4.69) is 5.32 Å². The number of hydrogen-bond donors (Lipinski definition) is 1. The van der Waals surface area contributed by atoms with Crippen molar-refractivity contribution in [3.8, 4) is 5.75 Å². The molecule has 0 heterocycles. The molecule has 2 aromatic rings. The van der Waals surface area contributed by atoms with E-state index in [1.54, 1.807) is 19.2 Å². The number of benzene rings is 2. The summed E-state index contributed by atoms with van der Waals surface area (Å²) in [7, 11) is 3.44. The van der Waals surface area contributed by atoms with Gasteiger partial charge in [0, 0.05) is 16.6 Å². The molecule has 4 nitrogen and oxygen atoms in total. The zero-order valence-corrected chi connectivity index (χ0v) is 15.4. The van der Waals surface area contributed by atoms with Gasteiger partial charge in [-0.1, -0.05) is 35.3 Å². The Kier molecular flexibility index (Phi) is 6.49. The van der Waals surface area contributed by atoms with Gasteiger partial charge in [0.1, 0.15) is 5.75 Å². The van der Waals surface area contributed by atoms with Crippen molar-refractivity contribution in [3.05, 3.63) is 57.6 Å². The van der Waals surface area contributed by atoms with Crippen molar-refractivity contribution in [3.63, 3.8) is 0 Å². The predicted molar refractivity (Wildman–Crippen MR) is 99.2 cm³/mol. The second-order valence-electron chi connectivity index (χ2n) is 5.66. The van der Waals surface area contributed by atoms with Crippen LogP contribution in [0.3, 0.4) is 0 Å². The molecule has 0 spiro atoms. The molecule has 128 valence electrons. The minimum atomic E-state index is -0.119. The van der Waals surface area contributed by atoms with Crippen molar-refractivity contribution >= 4 is 34.8 Å². The van der Waals surface area contributed by atoms with E-state index in [0.29, 0.717) is 28.0 Å². The first-order valence-corrected chi connectivity index (χ1v) is 8.21. The Morgan fingerprint density at radius 3 is 2.62 bits per heavy atom. The summed E-state index contributed by atoms with van der Waals surface area (Å²) in [5.74, 6) is 0.517. The first-order chi connectivity index (χ1) is 11.4. The van der Waals surface area contributed by atoms with E-state index in [1.807, 2.05) is 43.1 Å². The molecule has 24 heavy (non-hydrogen) atoms. The molecule has 0 fully saturated rings. The third kappa shape index (κ3) is 5.13. The molecule has 6 heteroatoms. The summed E-state index contributed by atoms with van der Waals surface area (Å²) >= 11 is 12.1.